The van der Waals surface area contributed by atoms with E-state index in [1.165, 1.54) is 0 Å². The number of hydrogen-bond acceptors (Lipinski definition) is 4. The Kier molecular flexibility index (Phi) is 6.57. The van der Waals surface area contributed by atoms with Gasteiger partial charge < -0.3 is 9.84 Å². The lowest BCUT2D eigenvalue weighted by Gasteiger charge is -2.24. The number of rotatable bonds is 9. The molecule has 1 N–H and O–H groups in total. The molecule has 26 heavy (non-hydrogen) atoms. The predicted octanol–water partition coefficient (Wildman–Crippen LogP) is 3.28. The third kappa shape index (κ3) is 4.95. The largest absolute Gasteiger partial charge is 0.494 e. The van der Waals surface area contributed by atoms with E-state index in [-0.39, 0.29) is 17.9 Å². The lowest BCUT2D eigenvalue weighted by atomic mass is 10.3. The molecule has 0 amide bonds. The molecule has 2 aromatic rings. The molecule has 0 bridgehead atoms. The van der Waals surface area contributed by atoms with Gasteiger partial charge in [0.2, 0.25) is 0 Å². The van der Waals surface area contributed by atoms with Crippen LogP contribution in [0.15, 0.2) is 53.4 Å². The quantitative estimate of drug-likeness (QED) is 0.721. The van der Waals surface area contributed by atoms with Crippen molar-refractivity contribution in [3.8, 4) is 5.75 Å². The molecule has 0 fully saturated rings. The van der Waals surface area contributed by atoms with E-state index in [2.05, 4.69) is 0 Å². The van der Waals surface area contributed by atoms with Gasteiger partial charge in [-0.25, -0.2) is 12.8 Å². The summed E-state index contributed by atoms with van der Waals surface area (Å²) in [4.78, 5) is 10.8. The highest BCUT2D eigenvalue weighted by atomic mass is 32.2. The van der Waals surface area contributed by atoms with Crippen molar-refractivity contribution < 1.29 is 27.4 Å². The van der Waals surface area contributed by atoms with Crippen molar-refractivity contribution in [3.63, 3.8) is 0 Å². The first kappa shape index (κ1) is 19.7. The lowest BCUT2D eigenvalue weighted by molar-refractivity contribution is -0.136. The Hall–Kier alpha value is -2.61. The zero-order chi connectivity index (χ0) is 19.2. The fraction of sp³-hybridized carbons (Fsp3) is 0.278. The fourth-order valence-corrected chi connectivity index (χ4v) is 3.71. The molecule has 0 aliphatic rings. The Morgan fingerprint density at radius 1 is 1.12 bits per heavy atom. The first-order valence-corrected chi connectivity index (χ1v) is 9.51. The van der Waals surface area contributed by atoms with Crippen LogP contribution in [0.2, 0.25) is 0 Å². The lowest BCUT2D eigenvalue weighted by Crippen LogP contribution is -2.33. The van der Waals surface area contributed by atoms with Crippen molar-refractivity contribution in [2.75, 3.05) is 17.5 Å². The van der Waals surface area contributed by atoms with Crippen molar-refractivity contribution in [1.29, 1.82) is 0 Å². The molecule has 140 valence electrons. The van der Waals surface area contributed by atoms with Crippen molar-refractivity contribution in [2.24, 2.45) is 0 Å². The van der Waals surface area contributed by atoms with E-state index in [0.29, 0.717) is 18.0 Å². The summed E-state index contributed by atoms with van der Waals surface area (Å²) in [7, 11) is -4.03. The molecular formula is C18H20FNO5S. The molecule has 8 heteroatoms. The molecule has 0 radical (unpaired) electrons. The maximum absolute atomic E-state index is 13.1. The van der Waals surface area contributed by atoms with E-state index in [1.54, 1.807) is 24.3 Å². The van der Waals surface area contributed by atoms with Crippen LogP contribution < -0.4 is 9.04 Å². The van der Waals surface area contributed by atoms with Crippen LogP contribution in [0.25, 0.3) is 0 Å². The highest BCUT2D eigenvalue weighted by molar-refractivity contribution is 7.92. The number of ether oxygens (including phenoxy) is 1. The standard InChI is InChI=1S/C18H20FNO5S/c1-2-13-25-16-7-5-15(6-8-16)20(12-11-18(21)22)26(23,24)17-9-3-14(19)4-10-17/h3-10H,2,11-13H2,1H3,(H,21,22). The Balaban J connectivity index is 2.36. The average Bonchev–Trinajstić information content (AvgIpc) is 2.61. The van der Waals surface area contributed by atoms with Crippen LogP contribution in [0, 0.1) is 5.82 Å². The minimum atomic E-state index is -4.03. The SMILES string of the molecule is CCCOc1ccc(N(CCC(=O)O)S(=O)(=O)c2ccc(F)cc2)cc1. The number of anilines is 1. The van der Waals surface area contributed by atoms with Gasteiger partial charge in [-0.1, -0.05) is 6.92 Å². The molecule has 0 saturated carbocycles. The van der Waals surface area contributed by atoms with Gasteiger partial charge in [-0.2, -0.15) is 0 Å². The van der Waals surface area contributed by atoms with Gasteiger partial charge >= 0.3 is 5.97 Å². The van der Waals surface area contributed by atoms with Crippen molar-refractivity contribution in [3.05, 3.63) is 54.3 Å². The molecule has 2 aromatic carbocycles. The van der Waals surface area contributed by atoms with Crippen LogP contribution in [-0.4, -0.2) is 32.6 Å². The third-order valence-electron chi connectivity index (χ3n) is 3.53. The summed E-state index contributed by atoms with van der Waals surface area (Å²) in [6, 6.07) is 10.7. The summed E-state index contributed by atoms with van der Waals surface area (Å²) in [6.45, 7) is 2.26. The molecule has 0 aliphatic heterocycles. The molecule has 0 spiro atoms. The van der Waals surface area contributed by atoms with Crippen molar-refractivity contribution in [2.45, 2.75) is 24.7 Å². The molecule has 0 aromatic heterocycles. The Labute approximate surface area is 151 Å². The number of sulfonamides is 1. The van der Waals surface area contributed by atoms with Gasteiger partial charge in [0.25, 0.3) is 10.0 Å². The zero-order valence-electron chi connectivity index (χ0n) is 14.3. The number of carboxylic acids is 1. The maximum atomic E-state index is 13.1. The van der Waals surface area contributed by atoms with E-state index < -0.39 is 21.8 Å². The number of benzene rings is 2. The number of carboxylic acid groups (broad SMARTS) is 1. The normalized spacial score (nSPS) is 11.2. The smallest absolute Gasteiger partial charge is 0.305 e. The van der Waals surface area contributed by atoms with Gasteiger partial charge in [0.05, 0.1) is 23.6 Å². The molecule has 0 unspecified atom stereocenters. The summed E-state index contributed by atoms with van der Waals surface area (Å²) < 4.78 is 45.4. The van der Waals surface area contributed by atoms with E-state index in [4.69, 9.17) is 9.84 Å². The van der Waals surface area contributed by atoms with Gasteiger partial charge in [0.1, 0.15) is 11.6 Å². The van der Waals surface area contributed by atoms with Gasteiger partial charge in [-0.15, -0.1) is 0 Å². The maximum Gasteiger partial charge on any atom is 0.305 e. The molecule has 0 heterocycles. The number of carbonyl (C=O) groups is 1. The summed E-state index contributed by atoms with van der Waals surface area (Å²) in [5.74, 6) is -1.08. The van der Waals surface area contributed by atoms with Gasteiger partial charge in [0, 0.05) is 6.54 Å². The Bertz CT molecular complexity index is 835. The Morgan fingerprint density at radius 2 is 1.73 bits per heavy atom. The molecular weight excluding hydrogens is 361 g/mol. The highest BCUT2D eigenvalue weighted by Gasteiger charge is 2.25. The van der Waals surface area contributed by atoms with Crippen LogP contribution in [0.1, 0.15) is 19.8 Å². The van der Waals surface area contributed by atoms with Crippen molar-refractivity contribution >= 4 is 21.7 Å². The van der Waals surface area contributed by atoms with Gasteiger partial charge in [0.15, 0.2) is 0 Å². The van der Waals surface area contributed by atoms with Crippen molar-refractivity contribution in [1.82, 2.24) is 0 Å². The van der Waals surface area contributed by atoms with Gasteiger partial charge in [-0.3, -0.25) is 9.10 Å². The second-order valence-corrected chi connectivity index (χ2v) is 7.38. The first-order valence-electron chi connectivity index (χ1n) is 8.07. The third-order valence-corrected chi connectivity index (χ3v) is 5.37. The molecule has 2 rings (SSSR count). The predicted molar refractivity (Wildman–Crippen MR) is 95.4 cm³/mol. The van der Waals surface area contributed by atoms with E-state index in [9.17, 15) is 17.6 Å². The summed E-state index contributed by atoms with van der Waals surface area (Å²) in [5, 5.41) is 8.93. The van der Waals surface area contributed by atoms with Crippen LogP contribution in [0.3, 0.4) is 0 Å². The second kappa shape index (κ2) is 8.66. The number of hydrogen-bond donors (Lipinski definition) is 1. The molecule has 0 saturated heterocycles. The average molecular weight is 381 g/mol. The van der Waals surface area contributed by atoms with E-state index >= 15 is 0 Å². The summed E-state index contributed by atoms with van der Waals surface area (Å²) >= 11 is 0. The van der Waals surface area contributed by atoms with Crippen LogP contribution in [-0.2, 0) is 14.8 Å². The summed E-state index contributed by atoms with van der Waals surface area (Å²) in [6.07, 6.45) is 0.472. The monoisotopic (exact) mass is 381 g/mol. The summed E-state index contributed by atoms with van der Waals surface area (Å²) in [5.41, 5.74) is 0.305. The number of aliphatic carboxylic acids is 1. The molecule has 0 atom stereocenters. The first-order chi connectivity index (χ1) is 12.3. The molecule has 0 aliphatic carbocycles. The van der Waals surface area contributed by atoms with Gasteiger partial charge in [-0.05, 0) is 55.0 Å². The van der Waals surface area contributed by atoms with Crippen LogP contribution >= 0.6 is 0 Å². The van der Waals surface area contributed by atoms with E-state index in [0.717, 1.165) is 35.0 Å². The van der Waals surface area contributed by atoms with E-state index in [1.807, 2.05) is 6.92 Å². The minimum Gasteiger partial charge on any atom is -0.494 e. The second-order valence-electron chi connectivity index (χ2n) is 5.52. The van der Waals surface area contributed by atoms with Crippen LogP contribution in [0.4, 0.5) is 10.1 Å². The topological polar surface area (TPSA) is 83.9 Å². The zero-order valence-corrected chi connectivity index (χ0v) is 15.1. The fourth-order valence-electron chi connectivity index (χ4n) is 2.25. The van der Waals surface area contributed by atoms with Crippen LogP contribution in [0.5, 0.6) is 5.75 Å². The Morgan fingerprint density at radius 3 is 2.27 bits per heavy atom. The number of nitrogens with zero attached hydrogens (tertiary/aromatic N) is 1. The molecule has 6 nitrogen and oxygen atoms in total. The minimum absolute atomic E-state index is 0.115. The number of halogens is 1. The highest BCUT2D eigenvalue weighted by Crippen LogP contribution is 2.26.